The van der Waals surface area contributed by atoms with Crippen LogP contribution < -0.4 is 0 Å². The van der Waals surface area contributed by atoms with Crippen molar-refractivity contribution in [1.29, 1.82) is 0 Å². The van der Waals surface area contributed by atoms with E-state index < -0.39 is 20.1 Å². The molecule has 0 N–H and O–H groups in total. The molecule has 21 heavy (non-hydrogen) atoms. The molecule has 0 aromatic heterocycles. The quantitative estimate of drug-likeness (QED) is 0.371. The predicted octanol–water partition coefficient (Wildman–Crippen LogP) is 4.79. The van der Waals surface area contributed by atoms with Gasteiger partial charge < -0.3 is 4.74 Å². The summed E-state index contributed by atoms with van der Waals surface area (Å²) < 4.78 is 3.20. The number of hydrogen-bond donors (Lipinski definition) is 0. The highest BCUT2D eigenvalue weighted by molar-refractivity contribution is 6.65. The van der Waals surface area contributed by atoms with Crippen molar-refractivity contribution in [3.63, 3.8) is 0 Å². The Morgan fingerprint density at radius 2 is 1.86 bits per heavy atom. The van der Waals surface area contributed by atoms with Gasteiger partial charge in [0.2, 0.25) is 0 Å². The minimum absolute atomic E-state index is 0.0145. The molecule has 3 atom stereocenters. The fourth-order valence-electron chi connectivity index (χ4n) is 2.63. The van der Waals surface area contributed by atoms with Crippen molar-refractivity contribution in [3.05, 3.63) is 10.1 Å². The second kappa shape index (κ2) is 5.86. The summed E-state index contributed by atoms with van der Waals surface area (Å²) in [5.41, 5.74) is 0. The van der Waals surface area contributed by atoms with Crippen molar-refractivity contribution >= 4 is 75.6 Å². The average Bonchev–Trinajstić information content (AvgIpc) is 2.60. The van der Waals surface area contributed by atoms with Crippen molar-refractivity contribution in [3.8, 4) is 11.8 Å². The standard InChI is InChI=1S/C13H10Cl6O2/c1-7(20)21-5-3-2-4-8-6-11(16)9(14)10(15)12(8,17)13(11,18)19/h8H,4-6H2,1H3/t8-,11+,12-/m1/s1. The molecule has 2 aliphatic carbocycles. The predicted molar refractivity (Wildman–Crippen MR) is 87.5 cm³/mol. The zero-order valence-corrected chi connectivity index (χ0v) is 15.3. The first-order chi connectivity index (χ1) is 9.59. The summed E-state index contributed by atoms with van der Waals surface area (Å²) in [6, 6.07) is 0. The number of rotatable bonds is 2. The number of hydrogen-bond acceptors (Lipinski definition) is 2. The van der Waals surface area contributed by atoms with Crippen LogP contribution >= 0.6 is 69.6 Å². The van der Waals surface area contributed by atoms with Gasteiger partial charge in [0.1, 0.15) is 9.75 Å². The zero-order valence-electron chi connectivity index (χ0n) is 10.8. The lowest BCUT2D eigenvalue weighted by Gasteiger charge is -2.33. The molecule has 2 rings (SSSR count). The van der Waals surface area contributed by atoms with Crippen LogP contribution in [0.3, 0.4) is 0 Å². The maximum Gasteiger partial charge on any atom is 0.303 e. The highest BCUT2D eigenvalue weighted by Crippen LogP contribution is 2.74. The van der Waals surface area contributed by atoms with Gasteiger partial charge in [0.15, 0.2) is 10.9 Å². The van der Waals surface area contributed by atoms with Crippen molar-refractivity contribution < 1.29 is 9.53 Å². The molecule has 8 heteroatoms. The first-order valence-electron chi connectivity index (χ1n) is 6.00. The van der Waals surface area contributed by atoms with E-state index in [1.54, 1.807) is 0 Å². The lowest BCUT2D eigenvalue weighted by Crippen LogP contribution is -2.44. The van der Waals surface area contributed by atoms with Crippen LogP contribution in [-0.4, -0.2) is 26.7 Å². The second-order valence-electron chi connectivity index (χ2n) is 4.95. The molecule has 0 unspecified atom stereocenters. The normalized spacial score (nSPS) is 36.4. The number of ether oxygens (including phenoxy) is 1. The lowest BCUT2D eigenvalue weighted by atomic mass is 9.89. The molecule has 0 spiro atoms. The molecule has 2 aliphatic rings. The highest BCUT2D eigenvalue weighted by Gasteiger charge is 2.77. The molecule has 0 aromatic carbocycles. The molecule has 0 saturated heterocycles. The number of alkyl halides is 4. The first kappa shape index (κ1) is 17.9. The van der Waals surface area contributed by atoms with Crippen LogP contribution in [0.4, 0.5) is 0 Å². The Morgan fingerprint density at radius 1 is 1.24 bits per heavy atom. The Labute approximate surface area is 153 Å². The van der Waals surface area contributed by atoms with Gasteiger partial charge in [-0.3, -0.25) is 4.79 Å². The number of allylic oxidation sites excluding steroid dienone is 2. The van der Waals surface area contributed by atoms with Gasteiger partial charge in [-0.25, -0.2) is 0 Å². The third kappa shape index (κ3) is 2.45. The third-order valence-electron chi connectivity index (χ3n) is 3.73. The van der Waals surface area contributed by atoms with Gasteiger partial charge in [0, 0.05) is 13.3 Å². The largest absolute Gasteiger partial charge is 0.453 e. The molecular formula is C13H10Cl6O2. The lowest BCUT2D eigenvalue weighted by molar-refractivity contribution is -0.139. The maximum atomic E-state index is 10.6. The molecule has 2 nitrogen and oxygen atoms in total. The highest BCUT2D eigenvalue weighted by atomic mass is 35.5. The maximum absolute atomic E-state index is 10.6. The van der Waals surface area contributed by atoms with Crippen LogP contribution in [0.5, 0.6) is 0 Å². The summed E-state index contributed by atoms with van der Waals surface area (Å²) in [6.07, 6.45) is 0.725. The van der Waals surface area contributed by atoms with Crippen LogP contribution in [0.1, 0.15) is 19.8 Å². The van der Waals surface area contributed by atoms with Crippen molar-refractivity contribution in [2.24, 2.45) is 5.92 Å². The van der Waals surface area contributed by atoms with E-state index in [1.165, 1.54) is 6.92 Å². The second-order valence-corrected chi connectivity index (χ2v) is 8.28. The molecule has 0 aromatic rings. The number of carbonyl (C=O) groups excluding carboxylic acids is 1. The SMILES string of the molecule is CC(=O)OCC#CC[C@@H]1C[C@]2(Cl)C(Cl)=C(Cl)[C@@]1(Cl)C2(Cl)Cl. The summed E-state index contributed by atoms with van der Waals surface area (Å²) in [6.45, 7) is 1.32. The number of halogens is 6. The van der Waals surface area contributed by atoms with Gasteiger partial charge in [-0.15, -0.1) is 23.2 Å². The van der Waals surface area contributed by atoms with Crippen molar-refractivity contribution in [1.82, 2.24) is 0 Å². The topological polar surface area (TPSA) is 26.3 Å². The van der Waals surface area contributed by atoms with E-state index in [1.807, 2.05) is 0 Å². The smallest absolute Gasteiger partial charge is 0.303 e. The van der Waals surface area contributed by atoms with E-state index in [4.69, 9.17) is 74.3 Å². The Hall–Kier alpha value is 0.510. The summed E-state index contributed by atoms with van der Waals surface area (Å²) >= 11 is 38.1. The van der Waals surface area contributed by atoms with Crippen LogP contribution in [-0.2, 0) is 9.53 Å². The van der Waals surface area contributed by atoms with Gasteiger partial charge in [-0.1, -0.05) is 58.2 Å². The molecule has 2 bridgehead atoms. The number of carbonyl (C=O) groups is 1. The van der Waals surface area contributed by atoms with Gasteiger partial charge in [0.05, 0.1) is 10.1 Å². The molecule has 0 aliphatic heterocycles. The average molecular weight is 411 g/mol. The fraction of sp³-hybridized carbons (Fsp3) is 0.615. The van der Waals surface area contributed by atoms with E-state index in [0.29, 0.717) is 12.8 Å². The molecular weight excluding hydrogens is 401 g/mol. The summed E-state index contributed by atoms with van der Waals surface area (Å²) in [5.74, 6) is 4.93. The van der Waals surface area contributed by atoms with Crippen LogP contribution in [0.25, 0.3) is 0 Å². The fourth-order valence-corrected chi connectivity index (χ4v) is 5.47. The monoisotopic (exact) mass is 408 g/mol. The Bertz CT molecular complexity index is 575. The van der Waals surface area contributed by atoms with E-state index in [0.717, 1.165) is 0 Å². The van der Waals surface area contributed by atoms with Crippen LogP contribution in [0.15, 0.2) is 10.1 Å². The molecule has 116 valence electrons. The summed E-state index contributed by atoms with van der Waals surface area (Å²) in [5, 5.41) is 0.360. The van der Waals surface area contributed by atoms with Crippen LogP contribution in [0, 0.1) is 17.8 Å². The zero-order chi connectivity index (χ0) is 16.1. The first-order valence-corrected chi connectivity index (χ1v) is 8.26. The van der Waals surface area contributed by atoms with E-state index in [-0.39, 0.29) is 22.6 Å². The minimum atomic E-state index is -1.51. The van der Waals surface area contributed by atoms with Crippen LogP contribution in [0.2, 0.25) is 0 Å². The Kier molecular flexibility index (Phi) is 4.98. The minimum Gasteiger partial charge on any atom is -0.453 e. The number of fused-ring (bicyclic) bond motifs is 2. The van der Waals surface area contributed by atoms with Crippen molar-refractivity contribution in [2.45, 2.75) is 33.8 Å². The third-order valence-corrected chi connectivity index (χ3v) is 8.05. The summed E-state index contributed by atoms with van der Waals surface area (Å²) in [7, 11) is 0. The van der Waals surface area contributed by atoms with Crippen molar-refractivity contribution in [2.75, 3.05) is 6.61 Å². The van der Waals surface area contributed by atoms with Gasteiger partial charge in [0.25, 0.3) is 0 Å². The molecule has 0 radical (unpaired) electrons. The van der Waals surface area contributed by atoms with Gasteiger partial charge in [-0.2, -0.15) is 0 Å². The van der Waals surface area contributed by atoms with E-state index in [9.17, 15) is 4.79 Å². The molecule has 0 heterocycles. The van der Waals surface area contributed by atoms with Gasteiger partial charge >= 0.3 is 5.97 Å². The van der Waals surface area contributed by atoms with E-state index in [2.05, 4.69) is 11.8 Å². The molecule has 0 amide bonds. The molecule has 1 fully saturated rings. The summed E-state index contributed by atoms with van der Waals surface area (Å²) in [4.78, 5) is 8.14. The van der Waals surface area contributed by atoms with Gasteiger partial charge in [-0.05, 0) is 12.3 Å². The van der Waals surface area contributed by atoms with E-state index >= 15 is 0 Å². The molecule has 1 saturated carbocycles. The Morgan fingerprint density at radius 3 is 2.33 bits per heavy atom. The number of esters is 1. The Balaban J connectivity index is 2.17.